The van der Waals surface area contributed by atoms with Crippen LogP contribution in [0.15, 0.2) is 35.2 Å². The molecule has 2 aliphatic heterocycles. The molecular formula is C25H34N4O6S. The molecule has 0 bridgehead atoms. The fraction of sp³-hybridized carbons (Fsp3) is 0.600. The van der Waals surface area contributed by atoms with Gasteiger partial charge in [-0.15, -0.1) is 0 Å². The first-order valence-electron chi connectivity index (χ1n) is 12.7. The molecule has 1 saturated carbocycles. The largest absolute Gasteiger partial charge is 0.354 e. The van der Waals surface area contributed by atoms with Crippen molar-refractivity contribution in [3.05, 3.63) is 30.3 Å². The summed E-state index contributed by atoms with van der Waals surface area (Å²) in [6.07, 6.45) is 5.78. The number of hydrogen-bond acceptors (Lipinski definition) is 6. The number of piperazine rings is 1. The van der Waals surface area contributed by atoms with Gasteiger partial charge in [0.05, 0.1) is 11.4 Å². The average molecular weight is 519 g/mol. The highest BCUT2D eigenvalue weighted by Gasteiger charge is 2.41. The number of benzene rings is 1. The van der Waals surface area contributed by atoms with E-state index in [9.17, 15) is 27.6 Å². The molecule has 2 heterocycles. The second kappa shape index (κ2) is 11.4. The smallest absolute Gasteiger partial charge is 0.245 e. The van der Waals surface area contributed by atoms with Gasteiger partial charge in [-0.3, -0.25) is 19.2 Å². The van der Waals surface area contributed by atoms with Gasteiger partial charge in [-0.05, 0) is 37.8 Å². The van der Waals surface area contributed by atoms with Gasteiger partial charge in [0.1, 0.15) is 17.8 Å². The highest BCUT2D eigenvalue weighted by atomic mass is 32.2. The molecule has 4 rings (SSSR count). The minimum atomic E-state index is -3.85. The molecule has 10 nitrogen and oxygen atoms in total. The molecule has 0 unspecified atom stereocenters. The van der Waals surface area contributed by atoms with Gasteiger partial charge in [0.15, 0.2) is 9.84 Å². The first-order chi connectivity index (χ1) is 17.3. The van der Waals surface area contributed by atoms with Crippen LogP contribution < -0.4 is 10.6 Å². The Morgan fingerprint density at radius 3 is 2.39 bits per heavy atom. The van der Waals surface area contributed by atoms with Crippen LogP contribution >= 0.6 is 0 Å². The lowest BCUT2D eigenvalue weighted by atomic mass is 9.87. The van der Waals surface area contributed by atoms with Crippen molar-refractivity contribution < 1.29 is 27.6 Å². The molecular weight excluding hydrogens is 484 g/mol. The highest BCUT2D eigenvalue weighted by molar-refractivity contribution is 7.92. The minimum Gasteiger partial charge on any atom is -0.354 e. The van der Waals surface area contributed by atoms with E-state index in [1.165, 1.54) is 21.9 Å². The molecule has 0 radical (unpaired) electrons. The quantitative estimate of drug-likeness (QED) is 0.563. The number of nitrogens with one attached hydrogen (secondary N) is 2. The van der Waals surface area contributed by atoms with E-state index < -0.39 is 39.5 Å². The van der Waals surface area contributed by atoms with E-state index in [0.29, 0.717) is 13.0 Å². The maximum atomic E-state index is 13.4. The second-order valence-corrected chi connectivity index (χ2v) is 11.8. The summed E-state index contributed by atoms with van der Waals surface area (Å²) in [7, 11) is -3.85. The SMILES string of the molecule is O=C(N[C@@H]1CCCNC1=O)[C@H]1CN(C(=O)CS(=O)(=O)c2ccccc2)CCN1C(=O)C1CCCCC1. The molecule has 3 aliphatic rings. The van der Waals surface area contributed by atoms with Crippen LogP contribution in [0.4, 0.5) is 0 Å². The summed E-state index contributed by atoms with van der Waals surface area (Å²) in [5.41, 5.74) is 0. The Morgan fingerprint density at radius 2 is 1.69 bits per heavy atom. The fourth-order valence-electron chi connectivity index (χ4n) is 5.22. The predicted octanol–water partition coefficient (Wildman–Crippen LogP) is 0.475. The molecule has 36 heavy (non-hydrogen) atoms. The third-order valence-corrected chi connectivity index (χ3v) is 8.91. The Balaban J connectivity index is 1.49. The monoisotopic (exact) mass is 518 g/mol. The molecule has 1 aromatic carbocycles. The van der Waals surface area contributed by atoms with Gasteiger partial charge < -0.3 is 20.4 Å². The van der Waals surface area contributed by atoms with Crippen LogP contribution in [0.3, 0.4) is 0 Å². The van der Waals surface area contributed by atoms with E-state index in [2.05, 4.69) is 10.6 Å². The Kier molecular flexibility index (Phi) is 8.28. The molecule has 0 spiro atoms. The van der Waals surface area contributed by atoms with Gasteiger partial charge in [-0.25, -0.2) is 8.42 Å². The fourth-order valence-corrected chi connectivity index (χ4v) is 6.47. The van der Waals surface area contributed by atoms with E-state index in [4.69, 9.17) is 0 Å². The summed E-state index contributed by atoms with van der Waals surface area (Å²) in [6, 6.07) is 6.08. The number of piperidine rings is 1. The van der Waals surface area contributed by atoms with E-state index >= 15 is 0 Å². The highest BCUT2D eigenvalue weighted by Crippen LogP contribution is 2.27. The molecule has 1 aromatic rings. The lowest BCUT2D eigenvalue weighted by Gasteiger charge is -2.42. The summed E-state index contributed by atoms with van der Waals surface area (Å²) >= 11 is 0. The zero-order valence-corrected chi connectivity index (χ0v) is 21.2. The van der Waals surface area contributed by atoms with Crippen LogP contribution in [0.5, 0.6) is 0 Å². The van der Waals surface area contributed by atoms with E-state index in [1.54, 1.807) is 18.2 Å². The van der Waals surface area contributed by atoms with Gasteiger partial charge in [0.2, 0.25) is 23.6 Å². The summed E-state index contributed by atoms with van der Waals surface area (Å²) in [6.45, 7) is 0.734. The van der Waals surface area contributed by atoms with Gasteiger partial charge in [0, 0.05) is 25.6 Å². The molecule has 196 valence electrons. The zero-order valence-electron chi connectivity index (χ0n) is 20.4. The van der Waals surface area contributed by atoms with Crippen molar-refractivity contribution in [3.8, 4) is 0 Å². The Morgan fingerprint density at radius 1 is 0.972 bits per heavy atom. The maximum absolute atomic E-state index is 13.4. The molecule has 0 aromatic heterocycles. The molecule has 2 atom stereocenters. The van der Waals surface area contributed by atoms with Gasteiger partial charge in [0.25, 0.3) is 0 Å². The van der Waals surface area contributed by atoms with Crippen molar-refractivity contribution in [1.29, 1.82) is 0 Å². The van der Waals surface area contributed by atoms with Crippen LogP contribution in [-0.2, 0) is 29.0 Å². The third kappa shape index (κ3) is 6.05. The molecule has 3 fully saturated rings. The number of nitrogens with zero attached hydrogens (tertiary/aromatic N) is 2. The zero-order chi connectivity index (χ0) is 25.7. The molecule has 4 amide bonds. The molecule has 2 N–H and O–H groups in total. The molecule has 2 saturated heterocycles. The summed E-state index contributed by atoms with van der Waals surface area (Å²) in [5.74, 6) is -2.36. The van der Waals surface area contributed by atoms with Gasteiger partial charge in [-0.2, -0.15) is 0 Å². The number of amides is 4. The first-order valence-corrected chi connectivity index (χ1v) is 14.4. The van der Waals surface area contributed by atoms with E-state index in [0.717, 1.165) is 38.5 Å². The van der Waals surface area contributed by atoms with Crippen LogP contribution in [0, 0.1) is 5.92 Å². The van der Waals surface area contributed by atoms with Crippen molar-refractivity contribution in [2.75, 3.05) is 31.9 Å². The summed E-state index contributed by atoms with van der Waals surface area (Å²) in [4.78, 5) is 54.9. The summed E-state index contributed by atoms with van der Waals surface area (Å²) < 4.78 is 25.5. The van der Waals surface area contributed by atoms with Crippen LogP contribution in [0.1, 0.15) is 44.9 Å². The molecule has 1 aliphatic carbocycles. The van der Waals surface area contributed by atoms with Crippen molar-refractivity contribution in [3.63, 3.8) is 0 Å². The van der Waals surface area contributed by atoms with E-state index in [1.807, 2.05) is 0 Å². The van der Waals surface area contributed by atoms with E-state index in [-0.39, 0.29) is 42.3 Å². The van der Waals surface area contributed by atoms with Crippen molar-refractivity contribution in [2.24, 2.45) is 5.92 Å². The average Bonchev–Trinajstić information content (AvgIpc) is 2.90. The van der Waals surface area contributed by atoms with Crippen molar-refractivity contribution in [2.45, 2.75) is 61.9 Å². The Hall–Kier alpha value is -2.95. The number of carbonyl (C=O) groups excluding carboxylic acids is 4. The molecule has 11 heteroatoms. The first kappa shape index (κ1) is 26.1. The summed E-state index contributed by atoms with van der Waals surface area (Å²) in [5, 5.41) is 5.49. The Bertz CT molecular complexity index is 1090. The second-order valence-electron chi connectivity index (χ2n) is 9.79. The van der Waals surface area contributed by atoms with Crippen LogP contribution in [-0.4, -0.2) is 85.9 Å². The van der Waals surface area contributed by atoms with Crippen LogP contribution in [0.2, 0.25) is 0 Å². The predicted molar refractivity (Wildman–Crippen MR) is 131 cm³/mol. The number of hydrogen-bond donors (Lipinski definition) is 2. The lowest BCUT2D eigenvalue weighted by Crippen LogP contribution is -2.64. The standard InChI is InChI=1S/C25H34N4O6S/c30-22(17-36(34,35)19-10-5-2-6-11-19)28-14-15-29(25(33)18-8-3-1-4-9-18)21(16-28)24(32)27-20-12-7-13-26-23(20)31/h2,5-6,10-11,18,20-21H,1,3-4,7-9,12-17H2,(H,26,31)(H,27,32)/t20-,21-/m1/s1. The lowest BCUT2D eigenvalue weighted by molar-refractivity contribution is -0.151. The number of rotatable bonds is 6. The third-order valence-electron chi connectivity index (χ3n) is 7.29. The van der Waals surface area contributed by atoms with Crippen molar-refractivity contribution in [1.82, 2.24) is 20.4 Å². The minimum absolute atomic E-state index is 0.0575. The number of carbonyl (C=O) groups is 4. The Labute approximate surface area is 211 Å². The normalized spacial score (nSPS) is 23.6. The van der Waals surface area contributed by atoms with Crippen molar-refractivity contribution >= 4 is 33.5 Å². The van der Waals surface area contributed by atoms with Crippen LogP contribution in [0.25, 0.3) is 0 Å². The van der Waals surface area contributed by atoms with Gasteiger partial charge in [-0.1, -0.05) is 37.5 Å². The topological polar surface area (TPSA) is 133 Å². The van der Waals surface area contributed by atoms with Gasteiger partial charge >= 0.3 is 0 Å². The maximum Gasteiger partial charge on any atom is 0.245 e. The number of sulfone groups is 1.